The van der Waals surface area contributed by atoms with Crippen LogP contribution in [-0.4, -0.2) is 0 Å². The molecule has 2 nitrogen and oxygen atoms in total. The Kier molecular flexibility index (Phi) is 0.932. The zero-order valence-corrected chi connectivity index (χ0v) is 4.92. The summed E-state index contributed by atoms with van der Waals surface area (Å²) in [5.74, 6) is 0. The second kappa shape index (κ2) is 1.74. The number of nitrogens with one attached hydrogen (secondary N) is 1. The highest BCUT2D eigenvalue weighted by atomic mass is 16.6. The summed E-state index contributed by atoms with van der Waals surface area (Å²) < 4.78 is 0. The maximum absolute atomic E-state index is 4.96. The van der Waals surface area contributed by atoms with E-state index >= 15 is 0 Å². The topological polar surface area (TPSA) is 21.3 Å². The Bertz CT molecular complexity index is 199. The molecule has 0 saturated heterocycles. The van der Waals surface area contributed by atoms with Gasteiger partial charge < -0.3 is 0 Å². The van der Waals surface area contributed by atoms with Gasteiger partial charge in [-0.25, -0.2) is 0 Å². The van der Waals surface area contributed by atoms with Gasteiger partial charge in [-0.3, -0.25) is 10.3 Å². The lowest BCUT2D eigenvalue weighted by Crippen LogP contribution is -1.86. The highest BCUT2D eigenvalue weighted by Gasteiger charge is 2.06. The Morgan fingerprint density at radius 2 is 2.22 bits per heavy atom. The first-order valence-corrected chi connectivity index (χ1v) is 2.92. The fraction of sp³-hybridized carbons (Fsp3) is 0.143. The van der Waals surface area contributed by atoms with E-state index in [-0.39, 0.29) is 0 Å². The van der Waals surface area contributed by atoms with E-state index in [0.29, 0.717) is 6.61 Å². The van der Waals surface area contributed by atoms with Crippen molar-refractivity contribution in [3.63, 3.8) is 0 Å². The van der Waals surface area contributed by atoms with Crippen LogP contribution >= 0.6 is 0 Å². The molecule has 1 aromatic carbocycles. The molecule has 0 radical (unpaired) electrons. The van der Waals surface area contributed by atoms with Crippen molar-refractivity contribution < 1.29 is 4.84 Å². The van der Waals surface area contributed by atoms with Gasteiger partial charge in [0, 0.05) is 5.56 Å². The Morgan fingerprint density at radius 3 is 3.11 bits per heavy atom. The smallest absolute Gasteiger partial charge is 0.102 e. The first kappa shape index (κ1) is 4.82. The van der Waals surface area contributed by atoms with Crippen molar-refractivity contribution in [2.45, 2.75) is 6.61 Å². The predicted octanol–water partition coefficient (Wildman–Crippen LogP) is 1.54. The summed E-state index contributed by atoms with van der Waals surface area (Å²) in [6.45, 7) is 0.691. The van der Waals surface area contributed by atoms with Crippen molar-refractivity contribution in [3.05, 3.63) is 29.8 Å². The van der Waals surface area contributed by atoms with Gasteiger partial charge in [0.2, 0.25) is 0 Å². The molecular formula is C7H7NO. The lowest BCUT2D eigenvalue weighted by Gasteiger charge is -1.91. The minimum atomic E-state index is 0.691. The Labute approximate surface area is 53.4 Å². The van der Waals surface area contributed by atoms with Gasteiger partial charge >= 0.3 is 0 Å². The van der Waals surface area contributed by atoms with Gasteiger partial charge in [-0.2, -0.15) is 0 Å². The van der Waals surface area contributed by atoms with Gasteiger partial charge in [0.05, 0.1) is 5.69 Å². The maximum atomic E-state index is 4.96. The maximum Gasteiger partial charge on any atom is 0.102 e. The summed E-state index contributed by atoms with van der Waals surface area (Å²) in [6.07, 6.45) is 0. The summed E-state index contributed by atoms with van der Waals surface area (Å²) >= 11 is 0. The summed E-state index contributed by atoms with van der Waals surface area (Å²) in [4.78, 5) is 4.96. The van der Waals surface area contributed by atoms with E-state index in [1.165, 1.54) is 5.56 Å². The third-order valence-corrected chi connectivity index (χ3v) is 1.43. The predicted molar refractivity (Wildman–Crippen MR) is 34.9 cm³/mol. The van der Waals surface area contributed by atoms with Crippen molar-refractivity contribution in [2.75, 3.05) is 5.48 Å². The molecule has 1 aliphatic heterocycles. The second-order valence-corrected chi connectivity index (χ2v) is 2.05. The average Bonchev–Trinajstić information content (AvgIpc) is 2.33. The highest BCUT2D eigenvalue weighted by Crippen LogP contribution is 2.20. The average molecular weight is 121 g/mol. The highest BCUT2D eigenvalue weighted by molar-refractivity contribution is 5.51. The normalized spacial score (nSPS) is 14.7. The van der Waals surface area contributed by atoms with Crippen molar-refractivity contribution in [1.29, 1.82) is 0 Å². The summed E-state index contributed by atoms with van der Waals surface area (Å²) in [7, 11) is 0. The van der Waals surface area contributed by atoms with Crippen molar-refractivity contribution in [3.8, 4) is 0 Å². The molecule has 1 aromatic rings. The van der Waals surface area contributed by atoms with Crippen LogP contribution in [0.15, 0.2) is 24.3 Å². The Balaban J connectivity index is 2.54. The van der Waals surface area contributed by atoms with Crippen LogP contribution in [0.1, 0.15) is 5.56 Å². The van der Waals surface area contributed by atoms with Crippen LogP contribution in [0.3, 0.4) is 0 Å². The second-order valence-electron chi connectivity index (χ2n) is 2.05. The SMILES string of the molecule is c1ccc2c(c1)CON2. The lowest BCUT2D eigenvalue weighted by atomic mass is 10.2. The van der Waals surface area contributed by atoms with Crippen molar-refractivity contribution in [1.82, 2.24) is 0 Å². The lowest BCUT2D eigenvalue weighted by molar-refractivity contribution is 0.202. The number of hydrogen-bond acceptors (Lipinski definition) is 2. The van der Waals surface area contributed by atoms with E-state index < -0.39 is 0 Å². The molecular weight excluding hydrogens is 114 g/mol. The van der Waals surface area contributed by atoms with E-state index in [9.17, 15) is 0 Å². The minimum Gasteiger partial charge on any atom is -0.271 e. The molecule has 0 amide bonds. The molecule has 0 bridgehead atoms. The van der Waals surface area contributed by atoms with Crippen molar-refractivity contribution in [2.24, 2.45) is 0 Å². The van der Waals surface area contributed by atoms with Gasteiger partial charge in [-0.05, 0) is 6.07 Å². The number of anilines is 1. The number of para-hydroxylation sites is 1. The van der Waals surface area contributed by atoms with E-state index in [1.807, 2.05) is 18.2 Å². The molecule has 1 heterocycles. The molecule has 2 heteroatoms. The van der Waals surface area contributed by atoms with E-state index in [0.717, 1.165) is 5.69 Å². The number of fused-ring (bicyclic) bond motifs is 1. The molecule has 0 saturated carbocycles. The molecule has 1 N–H and O–H groups in total. The van der Waals surface area contributed by atoms with Crippen molar-refractivity contribution >= 4 is 5.69 Å². The Hall–Kier alpha value is -1.02. The molecule has 2 rings (SSSR count). The van der Waals surface area contributed by atoms with Crippen LogP contribution in [-0.2, 0) is 11.4 Å². The monoisotopic (exact) mass is 121 g/mol. The molecule has 0 unspecified atom stereocenters. The molecule has 1 aliphatic rings. The standard InChI is InChI=1S/C7H7NO/c1-2-4-7-6(3-1)5-9-8-7/h1-4,8H,5H2. The number of hydrogen-bond donors (Lipinski definition) is 1. The number of rotatable bonds is 0. The van der Waals surface area contributed by atoms with Crippen LogP contribution in [0.4, 0.5) is 5.69 Å². The van der Waals surface area contributed by atoms with Crippen LogP contribution < -0.4 is 5.48 Å². The van der Waals surface area contributed by atoms with E-state index in [2.05, 4.69) is 11.5 Å². The molecule has 0 spiro atoms. The zero-order valence-electron chi connectivity index (χ0n) is 4.92. The molecule has 0 aromatic heterocycles. The summed E-state index contributed by atoms with van der Waals surface area (Å²) in [5, 5.41) is 0. The fourth-order valence-electron chi connectivity index (χ4n) is 0.937. The molecule has 46 valence electrons. The van der Waals surface area contributed by atoms with E-state index in [1.54, 1.807) is 0 Å². The zero-order chi connectivity index (χ0) is 6.10. The first-order valence-electron chi connectivity index (χ1n) is 2.92. The summed E-state index contributed by atoms with van der Waals surface area (Å²) in [5.41, 5.74) is 5.13. The molecule has 0 atom stereocenters. The van der Waals surface area contributed by atoms with Gasteiger partial charge in [-0.15, -0.1) is 0 Å². The van der Waals surface area contributed by atoms with Gasteiger partial charge in [-0.1, -0.05) is 18.2 Å². The molecule has 9 heavy (non-hydrogen) atoms. The first-order chi connectivity index (χ1) is 4.47. The molecule has 0 aliphatic carbocycles. The van der Waals surface area contributed by atoms with Crippen LogP contribution in [0.25, 0.3) is 0 Å². The van der Waals surface area contributed by atoms with Crippen LogP contribution in [0, 0.1) is 0 Å². The minimum absolute atomic E-state index is 0.691. The van der Waals surface area contributed by atoms with Gasteiger partial charge in [0.15, 0.2) is 0 Å². The van der Waals surface area contributed by atoms with E-state index in [4.69, 9.17) is 4.84 Å². The van der Waals surface area contributed by atoms with Gasteiger partial charge in [0.1, 0.15) is 6.61 Å². The number of benzene rings is 1. The fourth-order valence-corrected chi connectivity index (χ4v) is 0.937. The summed E-state index contributed by atoms with van der Waals surface area (Å²) in [6, 6.07) is 8.05. The molecule has 0 fully saturated rings. The van der Waals surface area contributed by atoms with Crippen LogP contribution in [0.2, 0.25) is 0 Å². The van der Waals surface area contributed by atoms with Gasteiger partial charge in [0.25, 0.3) is 0 Å². The third-order valence-electron chi connectivity index (χ3n) is 1.43. The van der Waals surface area contributed by atoms with Crippen LogP contribution in [0.5, 0.6) is 0 Å². The quantitative estimate of drug-likeness (QED) is 0.562. The third kappa shape index (κ3) is 0.678. The Morgan fingerprint density at radius 1 is 1.33 bits per heavy atom. The largest absolute Gasteiger partial charge is 0.271 e.